The van der Waals surface area contributed by atoms with Crippen molar-refractivity contribution < 1.29 is 9.18 Å². The van der Waals surface area contributed by atoms with Gasteiger partial charge in [0.1, 0.15) is 5.82 Å². The lowest BCUT2D eigenvalue weighted by Gasteiger charge is -2.32. The average molecular weight is 279 g/mol. The molecule has 0 aromatic heterocycles. The quantitative estimate of drug-likeness (QED) is 0.829. The van der Waals surface area contributed by atoms with Gasteiger partial charge in [0.05, 0.1) is 5.56 Å². The molecule has 0 spiro atoms. The van der Waals surface area contributed by atoms with Gasteiger partial charge in [-0.05, 0) is 51.1 Å². The Morgan fingerprint density at radius 3 is 2.75 bits per heavy atom. The summed E-state index contributed by atoms with van der Waals surface area (Å²) in [6.45, 7) is 4.88. The molecule has 1 unspecified atom stereocenters. The molecule has 1 amide bonds. The second-order valence-electron chi connectivity index (χ2n) is 5.39. The number of rotatable bonds is 4. The molecular formula is C15H22FN3O. The summed E-state index contributed by atoms with van der Waals surface area (Å²) in [5.74, 6) is -0.674. The molecule has 2 rings (SSSR count). The first-order valence-corrected chi connectivity index (χ1v) is 7.15. The monoisotopic (exact) mass is 279 g/mol. The topological polar surface area (TPSA) is 58.4 Å². The first kappa shape index (κ1) is 14.8. The van der Waals surface area contributed by atoms with Gasteiger partial charge in [0.25, 0.3) is 5.91 Å². The van der Waals surface area contributed by atoms with Crippen LogP contribution in [0.4, 0.5) is 10.1 Å². The number of carbonyl (C=O) groups excluding carboxylic acids is 1. The van der Waals surface area contributed by atoms with Gasteiger partial charge in [-0.2, -0.15) is 0 Å². The van der Waals surface area contributed by atoms with E-state index >= 15 is 0 Å². The zero-order chi connectivity index (χ0) is 14.5. The molecule has 110 valence electrons. The zero-order valence-corrected chi connectivity index (χ0v) is 11.9. The van der Waals surface area contributed by atoms with E-state index in [0.717, 1.165) is 13.1 Å². The van der Waals surface area contributed by atoms with E-state index in [4.69, 9.17) is 5.73 Å². The van der Waals surface area contributed by atoms with E-state index < -0.39 is 5.82 Å². The molecule has 0 radical (unpaired) electrons. The minimum absolute atomic E-state index is 0.174. The number of likely N-dealkylation sites (tertiary alicyclic amines) is 1. The maximum atomic E-state index is 12.9. The van der Waals surface area contributed by atoms with E-state index in [1.807, 2.05) is 0 Å². The summed E-state index contributed by atoms with van der Waals surface area (Å²) in [7, 11) is 0. The Morgan fingerprint density at radius 1 is 1.40 bits per heavy atom. The molecule has 1 saturated heterocycles. The average Bonchev–Trinajstić information content (AvgIpc) is 2.45. The Morgan fingerprint density at radius 2 is 2.10 bits per heavy atom. The lowest BCUT2D eigenvalue weighted by atomic mass is 10.1. The first-order chi connectivity index (χ1) is 9.58. The number of benzene rings is 1. The molecular weight excluding hydrogens is 257 g/mol. The number of nitrogens with two attached hydrogens (primary N) is 1. The van der Waals surface area contributed by atoms with Crippen LogP contribution in [0.3, 0.4) is 0 Å². The second-order valence-corrected chi connectivity index (χ2v) is 5.39. The number of amides is 1. The summed E-state index contributed by atoms with van der Waals surface area (Å²) < 4.78 is 12.9. The fourth-order valence-corrected chi connectivity index (χ4v) is 2.56. The van der Waals surface area contributed by atoms with Crippen LogP contribution in [0.5, 0.6) is 0 Å². The molecule has 3 N–H and O–H groups in total. The zero-order valence-electron chi connectivity index (χ0n) is 11.9. The highest BCUT2D eigenvalue weighted by molar-refractivity contribution is 5.99. The smallest absolute Gasteiger partial charge is 0.253 e. The van der Waals surface area contributed by atoms with Crippen molar-refractivity contribution in [1.29, 1.82) is 0 Å². The summed E-state index contributed by atoms with van der Waals surface area (Å²) in [5.41, 5.74) is 6.17. The summed E-state index contributed by atoms with van der Waals surface area (Å²) in [4.78, 5) is 14.4. The minimum atomic E-state index is -0.430. The normalized spacial score (nSPS) is 17.7. The van der Waals surface area contributed by atoms with Crippen molar-refractivity contribution in [2.45, 2.75) is 32.2 Å². The van der Waals surface area contributed by atoms with Crippen molar-refractivity contribution in [2.24, 2.45) is 0 Å². The van der Waals surface area contributed by atoms with Crippen LogP contribution in [0.25, 0.3) is 0 Å². The van der Waals surface area contributed by atoms with Gasteiger partial charge in [0, 0.05) is 18.3 Å². The fourth-order valence-electron chi connectivity index (χ4n) is 2.56. The molecule has 5 heteroatoms. The second kappa shape index (κ2) is 6.70. The molecule has 1 heterocycles. The third-order valence-electron chi connectivity index (χ3n) is 3.83. The highest BCUT2D eigenvalue weighted by Crippen LogP contribution is 2.14. The molecule has 4 nitrogen and oxygen atoms in total. The van der Waals surface area contributed by atoms with Gasteiger partial charge in [-0.25, -0.2) is 4.39 Å². The summed E-state index contributed by atoms with van der Waals surface area (Å²) in [6, 6.07) is 4.15. The van der Waals surface area contributed by atoms with Gasteiger partial charge < -0.3 is 11.1 Å². The van der Waals surface area contributed by atoms with Crippen molar-refractivity contribution in [3.05, 3.63) is 29.6 Å². The van der Waals surface area contributed by atoms with Crippen LogP contribution in [0.15, 0.2) is 18.2 Å². The van der Waals surface area contributed by atoms with E-state index in [9.17, 15) is 9.18 Å². The van der Waals surface area contributed by atoms with Crippen LogP contribution in [-0.4, -0.2) is 36.5 Å². The summed E-state index contributed by atoms with van der Waals surface area (Å²) in [5, 5.41) is 2.87. The van der Waals surface area contributed by atoms with E-state index in [1.54, 1.807) is 0 Å². The Labute approximate surface area is 119 Å². The maximum Gasteiger partial charge on any atom is 0.253 e. The number of halogens is 1. The SMILES string of the molecule is CC(CNC(=O)c1ccc(F)cc1N)N1CCCCC1. The van der Waals surface area contributed by atoms with Crippen molar-refractivity contribution in [1.82, 2.24) is 10.2 Å². The number of nitrogens with zero attached hydrogens (tertiary/aromatic N) is 1. The predicted molar refractivity (Wildman–Crippen MR) is 78.0 cm³/mol. The third-order valence-corrected chi connectivity index (χ3v) is 3.83. The minimum Gasteiger partial charge on any atom is -0.398 e. The van der Waals surface area contributed by atoms with Crippen molar-refractivity contribution in [3.63, 3.8) is 0 Å². The Hall–Kier alpha value is -1.62. The molecule has 0 saturated carbocycles. The summed E-state index contributed by atoms with van der Waals surface area (Å²) >= 11 is 0. The number of hydrogen-bond donors (Lipinski definition) is 2. The highest BCUT2D eigenvalue weighted by Gasteiger charge is 2.18. The van der Waals surface area contributed by atoms with Crippen LogP contribution in [0, 0.1) is 5.82 Å². The predicted octanol–water partition coefficient (Wildman–Crippen LogP) is 2.01. The van der Waals surface area contributed by atoms with E-state index in [2.05, 4.69) is 17.1 Å². The van der Waals surface area contributed by atoms with Crippen LogP contribution in [0.2, 0.25) is 0 Å². The molecule has 1 aliphatic rings. The van der Waals surface area contributed by atoms with Crippen LogP contribution >= 0.6 is 0 Å². The number of nitrogen functional groups attached to an aromatic ring is 1. The highest BCUT2D eigenvalue weighted by atomic mass is 19.1. The van der Waals surface area contributed by atoms with Crippen LogP contribution in [-0.2, 0) is 0 Å². The standard InChI is InChI=1S/C15H22FN3O/c1-11(19-7-3-2-4-8-19)10-18-15(20)13-6-5-12(16)9-14(13)17/h5-6,9,11H,2-4,7-8,10,17H2,1H3,(H,18,20). The lowest BCUT2D eigenvalue weighted by Crippen LogP contribution is -2.44. The van der Waals surface area contributed by atoms with Gasteiger partial charge in [-0.15, -0.1) is 0 Å². The van der Waals surface area contributed by atoms with Crippen LogP contribution in [0.1, 0.15) is 36.5 Å². The Kier molecular flexibility index (Phi) is 4.95. The van der Waals surface area contributed by atoms with Crippen molar-refractivity contribution >= 4 is 11.6 Å². The van der Waals surface area contributed by atoms with Crippen molar-refractivity contribution in [2.75, 3.05) is 25.4 Å². The Bertz CT molecular complexity index is 472. The van der Waals surface area contributed by atoms with E-state index in [0.29, 0.717) is 18.2 Å². The van der Waals surface area contributed by atoms with Gasteiger partial charge in [-0.1, -0.05) is 6.42 Å². The maximum absolute atomic E-state index is 12.9. The lowest BCUT2D eigenvalue weighted by molar-refractivity contribution is 0.0931. The van der Waals surface area contributed by atoms with Crippen molar-refractivity contribution in [3.8, 4) is 0 Å². The number of anilines is 1. The van der Waals surface area contributed by atoms with E-state index in [-0.39, 0.29) is 11.6 Å². The molecule has 1 aliphatic heterocycles. The first-order valence-electron chi connectivity index (χ1n) is 7.15. The molecule has 1 fully saturated rings. The largest absolute Gasteiger partial charge is 0.398 e. The van der Waals surface area contributed by atoms with Crippen LogP contribution < -0.4 is 11.1 Å². The number of nitrogens with one attached hydrogen (secondary N) is 1. The van der Waals surface area contributed by atoms with Gasteiger partial charge >= 0.3 is 0 Å². The summed E-state index contributed by atoms with van der Waals surface area (Å²) in [6.07, 6.45) is 3.74. The number of carbonyl (C=O) groups is 1. The van der Waals surface area contributed by atoms with Gasteiger partial charge in [0.2, 0.25) is 0 Å². The number of piperidine rings is 1. The molecule has 20 heavy (non-hydrogen) atoms. The van der Waals surface area contributed by atoms with Gasteiger partial charge in [0.15, 0.2) is 0 Å². The fraction of sp³-hybridized carbons (Fsp3) is 0.533. The van der Waals surface area contributed by atoms with Gasteiger partial charge in [-0.3, -0.25) is 9.69 Å². The number of hydrogen-bond acceptors (Lipinski definition) is 3. The third kappa shape index (κ3) is 3.70. The molecule has 1 aromatic rings. The Balaban J connectivity index is 1.88. The van der Waals surface area contributed by atoms with E-state index in [1.165, 1.54) is 37.5 Å². The molecule has 1 atom stereocenters. The molecule has 0 aliphatic carbocycles. The molecule has 0 bridgehead atoms. The molecule has 1 aromatic carbocycles.